The smallest absolute Gasteiger partial charge is 0.159 e. The number of thiocarbonyl (C=S) groups is 1. The largest absolute Gasteiger partial charge is 0.389 e. The number of nitrogens with one attached hydrogen (secondary N) is 1. The molecule has 0 bridgehead atoms. The molecule has 0 amide bonds. The van der Waals surface area contributed by atoms with Crippen molar-refractivity contribution < 1.29 is 0 Å². The lowest BCUT2D eigenvalue weighted by molar-refractivity contribution is 0.198. The van der Waals surface area contributed by atoms with E-state index >= 15 is 0 Å². The zero-order valence-electron chi connectivity index (χ0n) is 13.1. The van der Waals surface area contributed by atoms with E-state index in [4.69, 9.17) is 18.0 Å². The summed E-state index contributed by atoms with van der Waals surface area (Å²) < 4.78 is 0. The van der Waals surface area contributed by atoms with Gasteiger partial charge in [-0.3, -0.25) is 0 Å². The minimum atomic E-state index is 0.383. The highest BCUT2D eigenvalue weighted by molar-refractivity contribution is 7.80. The van der Waals surface area contributed by atoms with Crippen LogP contribution in [0.1, 0.15) is 36.6 Å². The number of anilines is 1. The lowest BCUT2D eigenvalue weighted by Gasteiger charge is -2.31. The van der Waals surface area contributed by atoms with Gasteiger partial charge in [0.05, 0.1) is 11.3 Å². The van der Waals surface area contributed by atoms with Gasteiger partial charge in [0.1, 0.15) is 4.99 Å². The molecule has 5 nitrogen and oxygen atoms in total. The fourth-order valence-corrected chi connectivity index (χ4v) is 3.03. The number of aryl methyl sites for hydroxylation is 1. The summed E-state index contributed by atoms with van der Waals surface area (Å²) in [5.41, 5.74) is 8.57. The van der Waals surface area contributed by atoms with E-state index in [1.807, 2.05) is 13.8 Å². The minimum absolute atomic E-state index is 0.383. The monoisotopic (exact) mass is 307 g/mol. The molecule has 0 aliphatic carbocycles. The first-order valence-electron chi connectivity index (χ1n) is 7.62. The lowest BCUT2D eigenvalue weighted by atomic mass is 9.96. The van der Waals surface area contributed by atoms with Crippen LogP contribution in [-0.2, 0) is 0 Å². The van der Waals surface area contributed by atoms with Crippen molar-refractivity contribution in [3.63, 3.8) is 0 Å². The first-order chi connectivity index (χ1) is 10.0. The Balaban J connectivity index is 2.01. The zero-order chi connectivity index (χ0) is 15.4. The molecule has 1 aromatic heterocycles. The summed E-state index contributed by atoms with van der Waals surface area (Å²) in [6, 6.07) is 0. The summed E-state index contributed by atoms with van der Waals surface area (Å²) in [7, 11) is 0. The molecule has 0 spiro atoms. The van der Waals surface area contributed by atoms with E-state index in [1.165, 1.54) is 25.9 Å². The molecule has 1 aliphatic heterocycles. The van der Waals surface area contributed by atoms with Crippen molar-refractivity contribution in [2.45, 2.75) is 33.6 Å². The summed E-state index contributed by atoms with van der Waals surface area (Å²) in [5, 5.41) is 11.8. The topological polar surface area (TPSA) is 67.1 Å². The second kappa shape index (κ2) is 7.13. The number of hydrogen-bond donors (Lipinski definition) is 2. The van der Waals surface area contributed by atoms with Gasteiger partial charge in [-0.25, -0.2) is 0 Å². The summed E-state index contributed by atoms with van der Waals surface area (Å²) >= 11 is 5.16. The second-order valence-corrected chi connectivity index (χ2v) is 6.20. The summed E-state index contributed by atoms with van der Waals surface area (Å²) in [4.78, 5) is 2.88. The van der Waals surface area contributed by atoms with Crippen LogP contribution in [0, 0.1) is 19.8 Å². The Labute approximate surface area is 132 Å². The van der Waals surface area contributed by atoms with Gasteiger partial charge in [-0.05, 0) is 57.8 Å². The van der Waals surface area contributed by atoms with Gasteiger partial charge in [0.15, 0.2) is 5.82 Å². The average Bonchev–Trinajstić information content (AvgIpc) is 2.48. The lowest BCUT2D eigenvalue weighted by Crippen LogP contribution is -2.35. The van der Waals surface area contributed by atoms with Crippen molar-refractivity contribution >= 4 is 23.0 Å². The van der Waals surface area contributed by atoms with Gasteiger partial charge < -0.3 is 16.0 Å². The normalized spacial score (nSPS) is 16.9. The molecule has 0 unspecified atom stereocenters. The molecule has 1 aromatic rings. The molecule has 2 rings (SSSR count). The summed E-state index contributed by atoms with van der Waals surface area (Å²) in [6.07, 6.45) is 2.45. The maximum atomic E-state index is 5.85. The first-order valence-corrected chi connectivity index (χ1v) is 8.03. The van der Waals surface area contributed by atoms with Crippen molar-refractivity contribution in [2.75, 3.05) is 31.5 Å². The third-order valence-electron chi connectivity index (χ3n) is 4.41. The maximum Gasteiger partial charge on any atom is 0.159 e. The highest BCUT2D eigenvalue weighted by Gasteiger charge is 2.19. The van der Waals surface area contributed by atoms with Crippen molar-refractivity contribution in [1.29, 1.82) is 0 Å². The molecule has 1 saturated heterocycles. The van der Waals surface area contributed by atoms with E-state index in [1.54, 1.807) is 0 Å². The molecule has 0 saturated carbocycles. The summed E-state index contributed by atoms with van der Waals surface area (Å²) in [6.45, 7) is 10.6. The van der Waals surface area contributed by atoms with Gasteiger partial charge in [-0.15, -0.1) is 5.10 Å². The molecule has 0 aromatic carbocycles. The fraction of sp³-hybridized carbons (Fsp3) is 0.667. The number of likely N-dealkylation sites (tertiary alicyclic amines) is 1. The Bertz CT molecular complexity index is 509. The predicted octanol–water partition coefficient (Wildman–Crippen LogP) is 1.87. The number of nitrogens with zero attached hydrogens (tertiary/aromatic N) is 3. The Morgan fingerprint density at radius 1 is 1.33 bits per heavy atom. The van der Waals surface area contributed by atoms with E-state index in [9.17, 15) is 0 Å². The minimum Gasteiger partial charge on any atom is -0.389 e. The van der Waals surface area contributed by atoms with Gasteiger partial charge in [0.2, 0.25) is 0 Å². The van der Waals surface area contributed by atoms with Crippen LogP contribution < -0.4 is 11.1 Å². The molecular weight excluding hydrogens is 282 g/mol. The Morgan fingerprint density at radius 3 is 2.57 bits per heavy atom. The first kappa shape index (κ1) is 16.1. The van der Waals surface area contributed by atoms with Crippen LogP contribution in [0.15, 0.2) is 0 Å². The van der Waals surface area contributed by atoms with Crippen LogP contribution in [0.5, 0.6) is 0 Å². The number of nitrogens with two attached hydrogens (primary N) is 1. The van der Waals surface area contributed by atoms with E-state index in [0.29, 0.717) is 10.9 Å². The van der Waals surface area contributed by atoms with E-state index < -0.39 is 0 Å². The molecule has 0 radical (unpaired) electrons. The van der Waals surface area contributed by atoms with E-state index in [2.05, 4.69) is 27.3 Å². The number of piperidine rings is 1. The Kier molecular flexibility index (Phi) is 5.47. The van der Waals surface area contributed by atoms with Gasteiger partial charge in [0.25, 0.3) is 0 Å². The summed E-state index contributed by atoms with van der Waals surface area (Å²) in [5.74, 6) is 1.40. The van der Waals surface area contributed by atoms with Crippen LogP contribution in [0.25, 0.3) is 0 Å². The average molecular weight is 307 g/mol. The molecule has 6 heteroatoms. The third kappa shape index (κ3) is 3.89. The van der Waals surface area contributed by atoms with E-state index in [0.717, 1.165) is 35.7 Å². The number of hydrogen-bond acceptors (Lipinski definition) is 5. The van der Waals surface area contributed by atoms with Crippen molar-refractivity contribution in [3.8, 4) is 0 Å². The zero-order valence-corrected chi connectivity index (χ0v) is 14.0. The molecule has 2 heterocycles. The number of rotatable bonds is 5. The Morgan fingerprint density at radius 2 is 2.00 bits per heavy atom. The van der Waals surface area contributed by atoms with Crippen molar-refractivity contribution in [3.05, 3.63) is 16.8 Å². The standard InChI is InChI=1S/C15H25N5S/c1-4-20-7-5-12(6-8-20)9-17-15-13(14(16)21)10(2)11(3)18-19-15/h12H,4-9H2,1-3H3,(H2,16,21)(H,17,19). The quantitative estimate of drug-likeness (QED) is 0.810. The molecular formula is C15H25N5S. The molecule has 0 atom stereocenters. The maximum absolute atomic E-state index is 5.85. The van der Waals surface area contributed by atoms with Crippen LogP contribution in [0.3, 0.4) is 0 Å². The SMILES string of the molecule is CCN1CCC(CNc2nnc(C)c(C)c2C(N)=S)CC1. The highest BCUT2D eigenvalue weighted by Crippen LogP contribution is 2.21. The Hall–Kier alpha value is -1.27. The third-order valence-corrected chi connectivity index (χ3v) is 4.62. The van der Waals surface area contributed by atoms with Crippen molar-refractivity contribution in [2.24, 2.45) is 11.7 Å². The van der Waals surface area contributed by atoms with Gasteiger partial charge in [0, 0.05) is 6.54 Å². The van der Waals surface area contributed by atoms with Gasteiger partial charge >= 0.3 is 0 Å². The van der Waals surface area contributed by atoms with Crippen LogP contribution in [-0.4, -0.2) is 46.3 Å². The molecule has 1 aliphatic rings. The van der Waals surface area contributed by atoms with Gasteiger partial charge in [-0.2, -0.15) is 5.10 Å². The van der Waals surface area contributed by atoms with Crippen LogP contribution in [0.4, 0.5) is 5.82 Å². The fourth-order valence-electron chi connectivity index (χ4n) is 2.78. The predicted molar refractivity (Wildman–Crippen MR) is 90.7 cm³/mol. The van der Waals surface area contributed by atoms with Gasteiger partial charge in [-0.1, -0.05) is 19.1 Å². The van der Waals surface area contributed by atoms with E-state index in [-0.39, 0.29) is 0 Å². The molecule has 1 fully saturated rings. The van der Waals surface area contributed by atoms with Crippen LogP contribution in [0.2, 0.25) is 0 Å². The molecule has 21 heavy (non-hydrogen) atoms. The second-order valence-electron chi connectivity index (χ2n) is 5.76. The molecule has 116 valence electrons. The molecule has 3 N–H and O–H groups in total. The van der Waals surface area contributed by atoms with Crippen LogP contribution >= 0.6 is 12.2 Å². The highest BCUT2D eigenvalue weighted by atomic mass is 32.1. The van der Waals surface area contributed by atoms with Crippen molar-refractivity contribution in [1.82, 2.24) is 15.1 Å². The number of aromatic nitrogens is 2.